The number of aromatic nitrogens is 1. The van der Waals surface area contributed by atoms with E-state index >= 15 is 0 Å². The first-order chi connectivity index (χ1) is 7.63. The summed E-state index contributed by atoms with van der Waals surface area (Å²) in [4.78, 5) is 22.0. The zero-order valence-electron chi connectivity index (χ0n) is 9.27. The van der Waals surface area contributed by atoms with Crippen molar-refractivity contribution in [1.29, 1.82) is 0 Å². The van der Waals surface area contributed by atoms with Gasteiger partial charge in [0.2, 0.25) is 0 Å². The van der Waals surface area contributed by atoms with Crippen molar-refractivity contribution in [2.75, 3.05) is 0 Å². The summed E-state index contributed by atoms with van der Waals surface area (Å²) in [6.45, 7) is 3.85. The second-order valence-electron chi connectivity index (χ2n) is 4.00. The van der Waals surface area contributed by atoms with E-state index in [0.29, 0.717) is 12.0 Å². The van der Waals surface area contributed by atoms with Gasteiger partial charge in [-0.25, -0.2) is 4.79 Å². The fourth-order valence-electron chi connectivity index (χ4n) is 1.79. The van der Waals surface area contributed by atoms with Crippen molar-refractivity contribution in [3.63, 3.8) is 0 Å². The second kappa shape index (κ2) is 3.96. The molecule has 16 heavy (non-hydrogen) atoms. The van der Waals surface area contributed by atoms with E-state index in [1.165, 1.54) is 0 Å². The van der Waals surface area contributed by atoms with E-state index in [1.54, 1.807) is 10.6 Å². The summed E-state index contributed by atoms with van der Waals surface area (Å²) < 4.78 is 6.74. The van der Waals surface area contributed by atoms with Crippen LogP contribution in [0, 0.1) is 0 Å². The summed E-state index contributed by atoms with van der Waals surface area (Å²) in [6.07, 6.45) is 1.17. The Hall–Kier alpha value is -1.84. The number of hydrogen-bond donors (Lipinski definition) is 0. The molecule has 0 saturated carbocycles. The number of hydrogen-bond acceptors (Lipinski definition) is 3. The minimum atomic E-state index is -0.353. The molecule has 0 aliphatic carbocycles. The van der Waals surface area contributed by atoms with Crippen LogP contribution in [0.1, 0.15) is 25.5 Å². The van der Waals surface area contributed by atoms with Crippen LogP contribution in [0.15, 0.2) is 27.4 Å². The van der Waals surface area contributed by atoms with Gasteiger partial charge in [-0.15, -0.1) is 0 Å². The molecule has 2 rings (SSSR count). The van der Waals surface area contributed by atoms with Gasteiger partial charge in [-0.2, -0.15) is 0 Å². The number of aldehydes is 1. The molecule has 0 bridgehead atoms. The molecule has 0 amide bonds. The Bertz CT molecular complexity index is 577. The van der Waals surface area contributed by atoms with Crippen LogP contribution in [0.3, 0.4) is 0 Å². The smallest absolute Gasteiger partial charge is 0.408 e. The first-order valence-corrected chi connectivity index (χ1v) is 5.21. The fourth-order valence-corrected chi connectivity index (χ4v) is 1.79. The zero-order valence-corrected chi connectivity index (χ0v) is 9.27. The second-order valence-corrected chi connectivity index (χ2v) is 4.00. The van der Waals surface area contributed by atoms with Crippen molar-refractivity contribution >= 4 is 17.4 Å². The fraction of sp³-hybridized carbons (Fsp3) is 0.333. The Morgan fingerprint density at radius 3 is 2.81 bits per heavy atom. The van der Waals surface area contributed by atoms with Crippen molar-refractivity contribution in [1.82, 2.24) is 4.57 Å². The topological polar surface area (TPSA) is 52.2 Å². The molecule has 0 aliphatic rings. The monoisotopic (exact) mass is 219 g/mol. The van der Waals surface area contributed by atoms with E-state index in [4.69, 9.17) is 4.42 Å². The van der Waals surface area contributed by atoms with E-state index in [0.717, 1.165) is 17.4 Å². The number of nitrogens with zero attached hydrogens (tertiary/aromatic N) is 1. The highest BCUT2D eigenvalue weighted by molar-refractivity contribution is 5.75. The maximum Gasteiger partial charge on any atom is 0.420 e. The molecule has 1 aromatic heterocycles. The Balaban J connectivity index is 2.65. The molecule has 84 valence electrons. The lowest BCUT2D eigenvalue weighted by Gasteiger charge is -2.04. The zero-order chi connectivity index (χ0) is 11.7. The summed E-state index contributed by atoms with van der Waals surface area (Å²) in [5, 5.41) is 0. The van der Waals surface area contributed by atoms with Gasteiger partial charge >= 0.3 is 5.76 Å². The lowest BCUT2D eigenvalue weighted by atomic mass is 10.1. The molecule has 0 saturated heterocycles. The molecule has 0 fully saturated rings. The molecule has 0 aliphatic heterocycles. The third-order valence-corrected chi connectivity index (χ3v) is 2.51. The lowest BCUT2D eigenvalue weighted by Crippen LogP contribution is -2.15. The molecule has 0 radical (unpaired) electrons. The minimum Gasteiger partial charge on any atom is -0.408 e. The molecule has 4 heteroatoms. The summed E-state index contributed by atoms with van der Waals surface area (Å²) in [6, 6.07) is 5.46. The predicted octanol–water partition coefficient (Wildman–Crippen LogP) is 1.92. The van der Waals surface area contributed by atoms with Crippen molar-refractivity contribution < 1.29 is 9.21 Å². The Labute approximate surface area is 92.5 Å². The Morgan fingerprint density at radius 2 is 2.19 bits per heavy atom. The normalized spacial score (nSPS) is 11.2. The third-order valence-electron chi connectivity index (χ3n) is 2.51. The molecule has 1 heterocycles. The highest BCUT2D eigenvalue weighted by Gasteiger charge is 2.11. The summed E-state index contributed by atoms with van der Waals surface area (Å²) in [5.74, 6) is -0.353. The Morgan fingerprint density at radius 1 is 1.44 bits per heavy atom. The van der Waals surface area contributed by atoms with Gasteiger partial charge in [0.15, 0.2) is 5.58 Å². The number of rotatable bonds is 3. The SMILES string of the molecule is CC(C)n1c(=O)oc2cc(CC=O)ccc21. The molecule has 0 atom stereocenters. The molecule has 0 unspecified atom stereocenters. The van der Waals surface area contributed by atoms with Gasteiger partial charge in [-0.1, -0.05) is 6.07 Å². The molecule has 4 nitrogen and oxygen atoms in total. The van der Waals surface area contributed by atoms with Gasteiger partial charge in [0.25, 0.3) is 0 Å². The number of oxazole rings is 1. The first-order valence-electron chi connectivity index (χ1n) is 5.21. The Kier molecular flexibility index (Phi) is 2.64. The quantitative estimate of drug-likeness (QED) is 0.741. The van der Waals surface area contributed by atoms with E-state index < -0.39 is 0 Å². The van der Waals surface area contributed by atoms with Crippen molar-refractivity contribution in [3.8, 4) is 0 Å². The van der Waals surface area contributed by atoms with E-state index in [-0.39, 0.29) is 11.8 Å². The average molecular weight is 219 g/mol. The number of fused-ring (bicyclic) bond motifs is 1. The summed E-state index contributed by atoms with van der Waals surface area (Å²) in [5.41, 5.74) is 2.17. The minimum absolute atomic E-state index is 0.0608. The first kappa shape index (κ1) is 10.7. The van der Waals surface area contributed by atoms with Crippen LogP contribution in [0.2, 0.25) is 0 Å². The molecule has 1 aromatic carbocycles. The molecule has 0 N–H and O–H groups in total. The standard InChI is InChI=1S/C12H13NO3/c1-8(2)13-10-4-3-9(5-6-14)7-11(10)16-12(13)15/h3-4,6-8H,5H2,1-2H3. The molecule has 0 spiro atoms. The van der Waals surface area contributed by atoms with E-state index in [9.17, 15) is 9.59 Å². The maximum absolute atomic E-state index is 11.6. The van der Waals surface area contributed by atoms with Gasteiger partial charge in [-0.3, -0.25) is 4.57 Å². The predicted molar refractivity (Wildman–Crippen MR) is 60.6 cm³/mol. The number of carbonyl (C=O) groups excluding carboxylic acids is 1. The van der Waals surface area contributed by atoms with Crippen LogP contribution in [0.4, 0.5) is 0 Å². The number of carbonyl (C=O) groups is 1. The van der Waals surface area contributed by atoms with Crippen molar-refractivity contribution in [2.24, 2.45) is 0 Å². The highest BCUT2D eigenvalue weighted by Crippen LogP contribution is 2.18. The lowest BCUT2D eigenvalue weighted by molar-refractivity contribution is -0.107. The van der Waals surface area contributed by atoms with E-state index in [1.807, 2.05) is 26.0 Å². The van der Waals surface area contributed by atoms with Gasteiger partial charge in [0, 0.05) is 12.5 Å². The summed E-state index contributed by atoms with van der Waals surface area (Å²) in [7, 11) is 0. The third kappa shape index (κ3) is 1.66. The van der Waals surface area contributed by atoms with Crippen LogP contribution in [0.5, 0.6) is 0 Å². The van der Waals surface area contributed by atoms with Crippen molar-refractivity contribution in [3.05, 3.63) is 34.3 Å². The maximum atomic E-state index is 11.6. The molecule has 2 aromatic rings. The van der Waals surface area contributed by atoms with Crippen LogP contribution < -0.4 is 5.76 Å². The van der Waals surface area contributed by atoms with Gasteiger partial charge in [0.1, 0.15) is 6.29 Å². The highest BCUT2D eigenvalue weighted by atomic mass is 16.4. The average Bonchev–Trinajstić information content (AvgIpc) is 2.53. The largest absolute Gasteiger partial charge is 0.420 e. The van der Waals surface area contributed by atoms with Gasteiger partial charge < -0.3 is 9.21 Å². The van der Waals surface area contributed by atoms with Crippen LogP contribution in [0.25, 0.3) is 11.1 Å². The number of benzene rings is 1. The van der Waals surface area contributed by atoms with E-state index in [2.05, 4.69) is 0 Å². The van der Waals surface area contributed by atoms with Crippen molar-refractivity contribution in [2.45, 2.75) is 26.3 Å². The van der Waals surface area contributed by atoms with Crippen LogP contribution in [-0.4, -0.2) is 10.9 Å². The van der Waals surface area contributed by atoms with Gasteiger partial charge in [0.05, 0.1) is 5.52 Å². The molecular formula is C12H13NO3. The molecular weight excluding hydrogens is 206 g/mol. The van der Waals surface area contributed by atoms with Crippen LogP contribution >= 0.6 is 0 Å². The van der Waals surface area contributed by atoms with Crippen LogP contribution in [-0.2, 0) is 11.2 Å². The summed E-state index contributed by atoms with van der Waals surface area (Å²) >= 11 is 0. The van der Waals surface area contributed by atoms with Gasteiger partial charge in [-0.05, 0) is 31.5 Å².